The van der Waals surface area contributed by atoms with Crippen molar-refractivity contribution in [3.63, 3.8) is 0 Å². The molecule has 0 aliphatic carbocycles. The fourth-order valence-electron chi connectivity index (χ4n) is 4.25. The number of halogens is 1. The quantitative estimate of drug-likeness (QED) is 0.441. The van der Waals surface area contributed by atoms with Crippen molar-refractivity contribution in [3.05, 3.63) is 65.0 Å². The van der Waals surface area contributed by atoms with Crippen LogP contribution in [0.4, 0.5) is 21.7 Å². The van der Waals surface area contributed by atoms with Crippen molar-refractivity contribution in [3.8, 4) is 0 Å². The summed E-state index contributed by atoms with van der Waals surface area (Å²) in [5.41, 5.74) is 20.0. The molecule has 2 aliphatic rings. The molecule has 6 N–H and O–H groups in total. The van der Waals surface area contributed by atoms with E-state index in [0.29, 0.717) is 31.1 Å². The number of aromatic nitrogens is 3. The molecule has 0 spiro atoms. The van der Waals surface area contributed by atoms with Crippen LogP contribution in [0.3, 0.4) is 0 Å². The van der Waals surface area contributed by atoms with Crippen LogP contribution in [0.15, 0.2) is 42.7 Å². The highest BCUT2D eigenvalue weighted by molar-refractivity contribution is 5.74. The third-order valence-corrected chi connectivity index (χ3v) is 5.70. The summed E-state index contributed by atoms with van der Waals surface area (Å²) < 4.78 is 16.2. The number of nitrogens with two attached hydrogens (primary N) is 1. The largest absolute Gasteiger partial charge is 0.384 e. The molecule has 30 heavy (non-hydrogen) atoms. The van der Waals surface area contributed by atoms with Gasteiger partial charge in [-0.2, -0.15) is 5.10 Å². The minimum absolute atomic E-state index is 0.0339. The number of piperidine rings is 1. The second kappa shape index (κ2) is 7.92. The normalized spacial score (nSPS) is 20.4. The first-order chi connectivity index (χ1) is 14.7. The van der Waals surface area contributed by atoms with Crippen LogP contribution in [0.5, 0.6) is 0 Å². The third-order valence-electron chi connectivity index (χ3n) is 5.70. The molecule has 1 aromatic carbocycles. The Bertz CT molecular complexity index is 1050. The molecule has 8 nitrogen and oxygen atoms in total. The Hall–Kier alpha value is -3.17. The summed E-state index contributed by atoms with van der Waals surface area (Å²) in [6.07, 6.45) is 4.58. The maximum atomic E-state index is 14.3. The lowest BCUT2D eigenvalue weighted by Crippen LogP contribution is -2.36. The molecular weight excluding hydrogens is 383 g/mol. The Kier molecular flexibility index (Phi) is 4.97. The maximum Gasteiger partial charge on any atom is 0.169 e. The fourth-order valence-corrected chi connectivity index (χ4v) is 4.25. The van der Waals surface area contributed by atoms with Gasteiger partial charge in [-0.1, -0.05) is 24.3 Å². The smallest absolute Gasteiger partial charge is 0.169 e. The molecule has 1 saturated heterocycles. The zero-order valence-corrected chi connectivity index (χ0v) is 16.5. The molecule has 0 saturated carbocycles. The Balaban J connectivity index is 1.31. The van der Waals surface area contributed by atoms with E-state index in [-0.39, 0.29) is 5.92 Å². The molecule has 4 heterocycles. The minimum Gasteiger partial charge on any atom is -0.384 e. The lowest BCUT2D eigenvalue weighted by atomic mass is 9.88. The topological polar surface area (TPSA) is 105 Å². The first kappa shape index (κ1) is 18.8. The highest BCUT2D eigenvalue weighted by atomic mass is 19.1. The number of benzene rings is 1. The van der Waals surface area contributed by atoms with Gasteiger partial charge in [0.05, 0.1) is 18.4 Å². The number of fused-ring (bicyclic) bond motifs is 1. The van der Waals surface area contributed by atoms with E-state index in [4.69, 9.17) is 5.73 Å². The molecule has 0 bridgehead atoms. The number of hydrogen-bond acceptors (Lipinski definition) is 7. The van der Waals surface area contributed by atoms with Crippen molar-refractivity contribution in [1.29, 1.82) is 0 Å². The molecule has 1 fully saturated rings. The van der Waals surface area contributed by atoms with Crippen LogP contribution in [0.1, 0.15) is 34.6 Å². The molecule has 2 aliphatic heterocycles. The van der Waals surface area contributed by atoms with Crippen LogP contribution in [0.2, 0.25) is 0 Å². The fraction of sp³-hybridized carbons (Fsp3) is 0.333. The predicted octanol–water partition coefficient (Wildman–Crippen LogP) is 2.17. The maximum absolute atomic E-state index is 14.3. The van der Waals surface area contributed by atoms with Crippen molar-refractivity contribution >= 4 is 17.3 Å². The minimum atomic E-state index is -0.836. The van der Waals surface area contributed by atoms with Crippen LogP contribution >= 0.6 is 0 Å². The Morgan fingerprint density at radius 2 is 2.13 bits per heavy atom. The van der Waals surface area contributed by atoms with E-state index >= 15 is 0 Å². The number of nitrogen functional groups attached to an aromatic ring is 1. The van der Waals surface area contributed by atoms with Crippen LogP contribution in [0, 0.1) is 0 Å². The molecule has 3 aromatic rings. The van der Waals surface area contributed by atoms with E-state index in [1.165, 1.54) is 0 Å². The SMILES string of the molecule is Nc1cc(Cc2cnn(Cc3cccc(C4CCNCC4F)c3)c2)c2c(n1)NNN2. The number of anilines is 3. The Morgan fingerprint density at radius 1 is 1.20 bits per heavy atom. The summed E-state index contributed by atoms with van der Waals surface area (Å²) in [5.74, 6) is 1.13. The van der Waals surface area contributed by atoms with Gasteiger partial charge in [0.25, 0.3) is 0 Å². The van der Waals surface area contributed by atoms with Crippen molar-refractivity contribution in [2.45, 2.75) is 31.5 Å². The van der Waals surface area contributed by atoms with Gasteiger partial charge in [-0.15, -0.1) is 5.53 Å². The van der Waals surface area contributed by atoms with Crippen molar-refractivity contribution in [2.75, 3.05) is 29.7 Å². The van der Waals surface area contributed by atoms with Crippen molar-refractivity contribution < 1.29 is 4.39 Å². The van der Waals surface area contributed by atoms with Crippen molar-refractivity contribution in [1.82, 2.24) is 25.6 Å². The van der Waals surface area contributed by atoms with Gasteiger partial charge >= 0.3 is 0 Å². The highest BCUT2D eigenvalue weighted by Gasteiger charge is 2.26. The molecule has 0 radical (unpaired) electrons. The van der Waals surface area contributed by atoms with Gasteiger partial charge in [-0.05, 0) is 41.3 Å². The van der Waals surface area contributed by atoms with E-state index in [0.717, 1.165) is 40.9 Å². The molecule has 156 valence electrons. The Morgan fingerprint density at radius 3 is 3.03 bits per heavy atom. The van der Waals surface area contributed by atoms with E-state index in [2.05, 4.69) is 43.9 Å². The van der Waals surface area contributed by atoms with Gasteiger partial charge in [-0.25, -0.2) is 9.37 Å². The Labute approximate surface area is 174 Å². The number of rotatable bonds is 5. The van der Waals surface area contributed by atoms with Crippen LogP contribution in [-0.2, 0) is 13.0 Å². The van der Waals surface area contributed by atoms with Crippen LogP contribution < -0.4 is 27.4 Å². The second-order valence-electron chi connectivity index (χ2n) is 7.89. The summed E-state index contributed by atoms with van der Waals surface area (Å²) in [7, 11) is 0. The summed E-state index contributed by atoms with van der Waals surface area (Å²) in [4.78, 5) is 4.26. The number of hydrazine groups is 2. The summed E-state index contributed by atoms with van der Waals surface area (Å²) in [6, 6.07) is 10.1. The average molecular weight is 408 g/mol. The molecule has 5 rings (SSSR count). The second-order valence-corrected chi connectivity index (χ2v) is 7.89. The van der Waals surface area contributed by atoms with Gasteiger partial charge in [-0.3, -0.25) is 10.1 Å². The van der Waals surface area contributed by atoms with E-state index in [9.17, 15) is 4.39 Å². The molecule has 2 atom stereocenters. The summed E-state index contributed by atoms with van der Waals surface area (Å²) in [5, 5.41) is 7.63. The number of hydrogen-bond donors (Lipinski definition) is 5. The number of alkyl halides is 1. The van der Waals surface area contributed by atoms with Gasteiger partial charge in [0.2, 0.25) is 0 Å². The predicted molar refractivity (Wildman–Crippen MR) is 115 cm³/mol. The van der Waals surface area contributed by atoms with Crippen molar-refractivity contribution in [2.24, 2.45) is 0 Å². The number of pyridine rings is 1. The monoisotopic (exact) mass is 408 g/mol. The molecule has 2 aromatic heterocycles. The summed E-state index contributed by atoms with van der Waals surface area (Å²) in [6.45, 7) is 1.94. The van der Waals surface area contributed by atoms with Gasteiger partial charge in [0.1, 0.15) is 12.0 Å². The first-order valence-corrected chi connectivity index (χ1v) is 10.2. The first-order valence-electron chi connectivity index (χ1n) is 10.2. The van der Waals surface area contributed by atoms with Crippen LogP contribution in [0.25, 0.3) is 0 Å². The van der Waals surface area contributed by atoms with Gasteiger partial charge in [0.15, 0.2) is 5.82 Å². The molecular formula is C21H25FN8. The highest BCUT2D eigenvalue weighted by Crippen LogP contribution is 2.30. The lowest BCUT2D eigenvalue weighted by Gasteiger charge is -2.27. The van der Waals surface area contributed by atoms with E-state index < -0.39 is 6.17 Å². The number of nitrogens with one attached hydrogen (secondary N) is 4. The lowest BCUT2D eigenvalue weighted by molar-refractivity contribution is 0.231. The van der Waals surface area contributed by atoms with Gasteiger partial charge in [0, 0.05) is 25.1 Å². The zero-order valence-electron chi connectivity index (χ0n) is 16.5. The zero-order chi connectivity index (χ0) is 20.5. The molecule has 2 unspecified atom stereocenters. The van der Waals surface area contributed by atoms with E-state index in [1.807, 2.05) is 35.3 Å². The molecule has 0 amide bonds. The number of nitrogens with zero attached hydrogens (tertiary/aromatic N) is 3. The third kappa shape index (κ3) is 3.81. The van der Waals surface area contributed by atoms with E-state index in [1.54, 1.807) is 0 Å². The summed E-state index contributed by atoms with van der Waals surface area (Å²) >= 11 is 0. The average Bonchev–Trinajstić information content (AvgIpc) is 3.38. The standard InChI is InChI=1S/C21H25FN8/c22-18-10-24-5-4-17(18)15-3-1-2-13(6-15)11-30-12-14(9-25-30)7-16-8-19(23)26-21-20(16)27-29-28-21/h1-3,6,8-9,12,17-18,24,27,29H,4-5,7,10-11H2,(H3,23,26,28). The molecule has 9 heteroatoms. The van der Waals surface area contributed by atoms with Crippen LogP contribution in [-0.4, -0.2) is 34.0 Å². The van der Waals surface area contributed by atoms with Gasteiger partial charge < -0.3 is 16.5 Å².